The molecule has 45 heavy (non-hydrogen) atoms. The molecule has 0 heterocycles. The Hall–Kier alpha value is -5.22. The molecule has 0 aliphatic rings. The topological polar surface area (TPSA) is 115 Å². The summed E-state index contributed by atoms with van der Waals surface area (Å²) >= 11 is 1.37. The number of rotatable bonds is 13. The summed E-state index contributed by atoms with van der Waals surface area (Å²) in [6, 6.07) is 28.2. The monoisotopic (exact) mass is 625 g/mol. The Morgan fingerprint density at radius 1 is 0.778 bits per heavy atom. The molecular formula is C35H35N3O6S. The van der Waals surface area contributed by atoms with E-state index in [-0.39, 0.29) is 11.6 Å². The maximum absolute atomic E-state index is 13.6. The third-order valence-electron chi connectivity index (χ3n) is 6.67. The van der Waals surface area contributed by atoms with Crippen LogP contribution in [0.5, 0.6) is 17.2 Å². The minimum absolute atomic E-state index is 0.0319. The van der Waals surface area contributed by atoms with Gasteiger partial charge in [0.05, 0.1) is 32.3 Å². The quantitative estimate of drug-likeness (QED) is 0.113. The van der Waals surface area contributed by atoms with Gasteiger partial charge in [-0.25, -0.2) is 0 Å². The van der Waals surface area contributed by atoms with Crippen molar-refractivity contribution >= 4 is 46.9 Å². The molecule has 1 atom stereocenters. The second-order valence-electron chi connectivity index (χ2n) is 9.67. The van der Waals surface area contributed by atoms with Crippen LogP contribution >= 0.6 is 11.8 Å². The molecule has 0 radical (unpaired) electrons. The van der Waals surface area contributed by atoms with Crippen molar-refractivity contribution < 1.29 is 28.6 Å². The first kappa shape index (κ1) is 32.7. The molecule has 1 unspecified atom stereocenters. The summed E-state index contributed by atoms with van der Waals surface area (Å²) in [6.45, 7) is 1.93. The zero-order chi connectivity index (χ0) is 32.2. The number of hydrogen-bond acceptors (Lipinski definition) is 7. The van der Waals surface area contributed by atoms with Gasteiger partial charge in [-0.2, -0.15) is 0 Å². The van der Waals surface area contributed by atoms with Crippen LogP contribution in [-0.4, -0.2) is 44.3 Å². The molecule has 232 valence electrons. The van der Waals surface area contributed by atoms with Crippen molar-refractivity contribution in [3.63, 3.8) is 0 Å². The number of ether oxygens (including phenoxy) is 3. The Kier molecular flexibility index (Phi) is 11.6. The van der Waals surface area contributed by atoms with Crippen LogP contribution in [0.3, 0.4) is 0 Å². The highest BCUT2D eigenvalue weighted by Crippen LogP contribution is 2.32. The molecule has 0 spiro atoms. The molecule has 10 heteroatoms. The number of thioether (sulfide) groups is 1. The number of benzene rings is 4. The Balaban J connectivity index is 1.53. The van der Waals surface area contributed by atoms with Crippen molar-refractivity contribution in [2.24, 2.45) is 0 Å². The van der Waals surface area contributed by atoms with Gasteiger partial charge in [0.15, 0.2) is 0 Å². The highest BCUT2D eigenvalue weighted by atomic mass is 32.2. The van der Waals surface area contributed by atoms with Gasteiger partial charge in [0, 0.05) is 27.8 Å². The van der Waals surface area contributed by atoms with Crippen molar-refractivity contribution in [1.29, 1.82) is 0 Å². The lowest BCUT2D eigenvalue weighted by molar-refractivity contribution is -0.116. The molecule has 4 aromatic rings. The molecule has 0 aliphatic heterocycles. The third-order valence-corrected chi connectivity index (χ3v) is 8.02. The molecule has 9 nitrogen and oxygen atoms in total. The molecular weight excluding hydrogens is 590 g/mol. The number of amides is 3. The van der Waals surface area contributed by atoms with Crippen LogP contribution < -0.4 is 30.2 Å². The Labute approximate surface area is 267 Å². The van der Waals surface area contributed by atoms with Gasteiger partial charge in [-0.1, -0.05) is 49.4 Å². The summed E-state index contributed by atoms with van der Waals surface area (Å²) < 4.78 is 16.1. The third kappa shape index (κ3) is 8.90. The Morgan fingerprint density at radius 3 is 2.22 bits per heavy atom. The van der Waals surface area contributed by atoms with Crippen molar-refractivity contribution in [3.8, 4) is 17.2 Å². The highest BCUT2D eigenvalue weighted by Gasteiger charge is 2.21. The second kappa shape index (κ2) is 16.0. The number of para-hydroxylation sites is 1. The normalized spacial score (nSPS) is 11.6. The van der Waals surface area contributed by atoms with Crippen LogP contribution in [0.1, 0.15) is 29.3 Å². The van der Waals surface area contributed by atoms with Gasteiger partial charge in [-0.05, 0) is 61.0 Å². The van der Waals surface area contributed by atoms with E-state index in [0.29, 0.717) is 46.2 Å². The molecule has 0 saturated carbocycles. The van der Waals surface area contributed by atoms with Crippen LogP contribution in [0.4, 0.5) is 11.4 Å². The van der Waals surface area contributed by atoms with Crippen molar-refractivity contribution in [1.82, 2.24) is 5.32 Å². The predicted molar refractivity (Wildman–Crippen MR) is 178 cm³/mol. The predicted octanol–water partition coefficient (Wildman–Crippen LogP) is 6.63. The number of carbonyl (C=O) groups is 3. The van der Waals surface area contributed by atoms with E-state index in [2.05, 4.69) is 16.0 Å². The van der Waals surface area contributed by atoms with Gasteiger partial charge in [-0.3, -0.25) is 14.4 Å². The lowest BCUT2D eigenvalue weighted by Crippen LogP contribution is -2.30. The molecule has 4 rings (SSSR count). The first-order valence-corrected chi connectivity index (χ1v) is 15.0. The van der Waals surface area contributed by atoms with E-state index in [4.69, 9.17) is 14.2 Å². The summed E-state index contributed by atoms with van der Waals surface area (Å²) in [6.07, 6.45) is 2.12. The standard InChI is InChI=1S/C35H35N3O6S/c1-5-32(35(41)37-28-22-26(42-2)18-19-31(28)44-4)45-27-16-11-15-25(21-27)36-34(40)29(20-24-14-9-10-17-30(24)43-3)38-33(39)23-12-7-6-8-13-23/h6-22,32H,5H2,1-4H3,(H,36,40)(H,37,41)(H,38,39)/b29-20+. The summed E-state index contributed by atoms with van der Waals surface area (Å²) in [5, 5.41) is 8.13. The van der Waals surface area contributed by atoms with E-state index in [1.165, 1.54) is 26.0 Å². The summed E-state index contributed by atoms with van der Waals surface area (Å²) in [5.74, 6) is 0.502. The van der Waals surface area contributed by atoms with Crippen LogP contribution in [0.15, 0.2) is 108 Å². The largest absolute Gasteiger partial charge is 0.497 e. The number of anilines is 2. The molecule has 3 N–H and O–H groups in total. The van der Waals surface area contributed by atoms with E-state index in [9.17, 15) is 14.4 Å². The molecule has 4 aromatic carbocycles. The average molecular weight is 626 g/mol. The number of hydrogen-bond donors (Lipinski definition) is 3. The van der Waals surface area contributed by atoms with E-state index in [1.54, 1.807) is 86.0 Å². The summed E-state index contributed by atoms with van der Waals surface area (Å²) in [7, 11) is 4.63. The number of nitrogens with one attached hydrogen (secondary N) is 3. The maximum atomic E-state index is 13.6. The average Bonchev–Trinajstić information content (AvgIpc) is 3.07. The fourth-order valence-corrected chi connectivity index (χ4v) is 5.35. The summed E-state index contributed by atoms with van der Waals surface area (Å²) in [4.78, 5) is 40.6. The minimum atomic E-state index is -0.526. The minimum Gasteiger partial charge on any atom is -0.497 e. The molecule has 0 aliphatic carbocycles. The zero-order valence-corrected chi connectivity index (χ0v) is 26.3. The van der Waals surface area contributed by atoms with Crippen molar-refractivity contribution in [2.75, 3.05) is 32.0 Å². The van der Waals surface area contributed by atoms with Crippen LogP contribution in [0.25, 0.3) is 6.08 Å². The fourth-order valence-electron chi connectivity index (χ4n) is 4.34. The number of methoxy groups -OCH3 is 3. The SMILES string of the molecule is CCC(Sc1cccc(NC(=O)/C(=C\c2ccccc2OC)NC(=O)c2ccccc2)c1)C(=O)Nc1cc(OC)ccc1OC. The lowest BCUT2D eigenvalue weighted by Gasteiger charge is -2.17. The van der Waals surface area contributed by atoms with Crippen LogP contribution in [0.2, 0.25) is 0 Å². The van der Waals surface area contributed by atoms with Gasteiger partial charge in [-0.15, -0.1) is 11.8 Å². The first-order valence-electron chi connectivity index (χ1n) is 14.2. The molecule has 0 bridgehead atoms. The van der Waals surface area contributed by atoms with E-state index in [0.717, 1.165) is 4.90 Å². The maximum Gasteiger partial charge on any atom is 0.272 e. The van der Waals surface area contributed by atoms with Gasteiger partial charge in [0.1, 0.15) is 22.9 Å². The number of carbonyl (C=O) groups excluding carboxylic acids is 3. The smallest absolute Gasteiger partial charge is 0.272 e. The summed E-state index contributed by atoms with van der Waals surface area (Å²) in [5.41, 5.74) is 2.06. The van der Waals surface area contributed by atoms with Gasteiger partial charge >= 0.3 is 0 Å². The van der Waals surface area contributed by atoms with Gasteiger partial charge < -0.3 is 30.2 Å². The molecule has 3 amide bonds. The molecule has 0 aromatic heterocycles. The fraction of sp³-hybridized carbons (Fsp3) is 0.171. The van der Waals surface area contributed by atoms with Gasteiger partial charge in [0.25, 0.3) is 11.8 Å². The van der Waals surface area contributed by atoms with Crippen LogP contribution in [-0.2, 0) is 9.59 Å². The second-order valence-corrected chi connectivity index (χ2v) is 10.9. The first-order chi connectivity index (χ1) is 21.8. The Bertz CT molecular complexity index is 1680. The van der Waals surface area contributed by atoms with Crippen LogP contribution in [0, 0.1) is 0 Å². The van der Waals surface area contributed by atoms with E-state index >= 15 is 0 Å². The molecule has 0 fully saturated rings. The van der Waals surface area contributed by atoms with Crippen molar-refractivity contribution in [3.05, 3.63) is 114 Å². The van der Waals surface area contributed by atoms with Crippen molar-refractivity contribution in [2.45, 2.75) is 23.5 Å². The van der Waals surface area contributed by atoms with E-state index in [1.807, 2.05) is 31.2 Å². The van der Waals surface area contributed by atoms with Gasteiger partial charge in [0.2, 0.25) is 5.91 Å². The zero-order valence-electron chi connectivity index (χ0n) is 25.5. The van der Waals surface area contributed by atoms with E-state index < -0.39 is 17.1 Å². The Morgan fingerprint density at radius 2 is 1.51 bits per heavy atom. The molecule has 0 saturated heterocycles. The lowest BCUT2D eigenvalue weighted by atomic mass is 10.1. The highest BCUT2D eigenvalue weighted by molar-refractivity contribution is 8.00.